The molecule has 0 bridgehead atoms. The van der Waals surface area contributed by atoms with Crippen molar-refractivity contribution in [2.45, 2.75) is 44.1 Å². The van der Waals surface area contributed by atoms with Gasteiger partial charge in [-0.15, -0.1) is 0 Å². The summed E-state index contributed by atoms with van der Waals surface area (Å²) in [7, 11) is 0. The molecule has 2 saturated heterocycles. The Kier molecular flexibility index (Phi) is 3.75. The first kappa shape index (κ1) is 19.2. The number of piperidine rings is 1. The van der Waals surface area contributed by atoms with Gasteiger partial charge in [0.05, 0.1) is 22.9 Å². The van der Waals surface area contributed by atoms with Gasteiger partial charge in [0, 0.05) is 12.0 Å². The van der Waals surface area contributed by atoms with Gasteiger partial charge in [-0.25, -0.2) is 4.98 Å². The number of aromatic nitrogens is 2. The Labute approximate surface area is 183 Å². The molecule has 0 saturated carbocycles. The van der Waals surface area contributed by atoms with Crippen molar-refractivity contribution in [1.82, 2.24) is 14.5 Å². The number of anilines is 1. The molecular weight excluding hydrogens is 408 g/mol. The molecule has 0 spiro atoms. The van der Waals surface area contributed by atoms with E-state index in [1.165, 1.54) is 15.8 Å². The maximum atomic E-state index is 13.8. The van der Waals surface area contributed by atoms with Crippen LogP contribution in [0.5, 0.6) is 0 Å². The predicted molar refractivity (Wildman–Crippen MR) is 117 cm³/mol. The second-order valence-corrected chi connectivity index (χ2v) is 9.15. The third-order valence-electron chi connectivity index (χ3n) is 7.06. The molecule has 162 valence electrons. The number of aliphatic hydroxyl groups is 1. The Morgan fingerprint density at radius 3 is 2.53 bits per heavy atom. The highest BCUT2D eigenvalue weighted by atomic mass is 16.3. The predicted octanol–water partition coefficient (Wildman–Crippen LogP) is 1.77. The van der Waals surface area contributed by atoms with E-state index in [0.717, 1.165) is 0 Å². The minimum Gasteiger partial charge on any atom is -0.381 e. The van der Waals surface area contributed by atoms with Crippen molar-refractivity contribution in [2.75, 3.05) is 4.90 Å². The number of hydrogen-bond donors (Lipinski definition) is 1. The molecule has 32 heavy (non-hydrogen) atoms. The van der Waals surface area contributed by atoms with Crippen LogP contribution < -0.4 is 10.5 Å². The van der Waals surface area contributed by atoms with Gasteiger partial charge in [0.25, 0.3) is 11.5 Å². The molecule has 3 aromatic rings. The summed E-state index contributed by atoms with van der Waals surface area (Å²) < 4.78 is 1.31. The summed E-state index contributed by atoms with van der Waals surface area (Å²) in [6, 6.07) is 12.5. The third-order valence-corrected chi connectivity index (χ3v) is 7.06. The monoisotopic (exact) mass is 430 g/mol. The maximum absolute atomic E-state index is 13.8. The lowest BCUT2D eigenvalue weighted by Gasteiger charge is -2.45. The third kappa shape index (κ3) is 2.20. The number of carbonyl (C=O) groups excluding carboxylic acids is 2. The topological polar surface area (TPSA) is 95.7 Å². The van der Waals surface area contributed by atoms with Crippen LogP contribution in [0.3, 0.4) is 0 Å². The van der Waals surface area contributed by atoms with Crippen LogP contribution in [0, 0.1) is 5.92 Å². The van der Waals surface area contributed by atoms with E-state index in [2.05, 4.69) is 4.98 Å². The first-order chi connectivity index (χ1) is 15.3. The molecule has 8 nitrogen and oxygen atoms in total. The highest BCUT2D eigenvalue weighted by Crippen LogP contribution is 2.55. The fourth-order valence-electron chi connectivity index (χ4n) is 5.70. The van der Waals surface area contributed by atoms with E-state index in [9.17, 15) is 19.5 Å². The molecule has 3 aliphatic rings. The van der Waals surface area contributed by atoms with Crippen LogP contribution in [-0.4, -0.2) is 43.6 Å². The summed E-state index contributed by atoms with van der Waals surface area (Å²) in [5.74, 6) is -0.703. The van der Waals surface area contributed by atoms with Crippen molar-refractivity contribution < 1.29 is 14.7 Å². The Balaban J connectivity index is 1.58. The molecule has 4 heterocycles. The van der Waals surface area contributed by atoms with Crippen molar-refractivity contribution >= 4 is 28.4 Å². The second kappa shape index (κ2) is 6.26. The minimum atomic E-state index is -1.49. The van der Waals surface area contributed by atoms with Gasteiger partial charge >= 0.3 is 0 Å². The molecule has 4 atom stereocenters. The Morgan fingerprint density at radius 2 is 1.75 bits per heavy atom. The molecule has 4 unspecified atom stereocenters. The first-order valence-corrected chi connectivity index (χ1v) is 10.8. The lowest BCUT2D eigenvalue weighted by atomic mass is 9.81. The summed E-state index contributed by atoms with van der Waals surface area (Å²) in [6.45, 7) is 3.77. The molecular formula is C24H22N4O4. The van der Waals surface area contributed by atoms with Gasteiger partial charge in [-0.3, -0.25) is 23.9 Å². The summed E-state index contributed by atoms with van der Waals surface area (Å²) in [6.07, 6.45) is 0.545. The van der Waals surface area contributed by atoms with Crippen molar-refractivity contribution in [2.24, 2.45) is 5.92 Å². The van der Waals surface area contributed by atoms with Crippen molar-refractivity contribution in [1.29, 1.82) is 0 Å². The lowest BCUT2D eigenvalue weighted by Crippen LogP contribution is -2.61. The number of nitrogens with zero attached hydrogens (tertiary/aromatic N) is 4. The van der Waals surface area contributed by atoms with Crippen LogP contribution in [0.15, 0.2) is 59.7 Å². The lowest BCUT2D eigenvalue weighted by molar-refractivity contribution is -0.160. The summed E-state index contributed by atoms with van der Waals surface area (Å²) >= 11 is 0. The van der Waals surface area contributed by atoms with E-state index in [0.29, 0.717) is 22.2 Å². The molecule has 2 fully saturated rings. The quantitative estimate of drug-likeness (QED) is 0.669. The van der Waals surface area contributed by atoms with Crippen molar-refractivity contribution in [3.8, 4) is 0 Å². The van der Waals surface area contributed by atoms with Gasteiger partial charge in [-0.05, 0) is 24.1 Å². The Morgan fingerprint density at radius 1 is 1.03 bits per heavy atom. The number of amides is 2. The molecule has 0 aliphatic carbocycles. The van der Waals surface area contributed by atoms with E-state index in [1.54, 1.807) is 41.3 Å². The molecule has 6 rings (SSSR count). The summed E-state index contributed by atoms with van der Waals surface area (Å²) in [4.78, 5) is 48.0. The van der Waals surface area contributed by atoms with E-state index in [1.807, 2.05) is 26.0 Å². The zero-order valence-electron chi connectivity index (χ0n) is 17.7. The smallest absolute Gasteiger partial charge is 0.261 e. The molecule has 1 N–H and O–H groups in total. The SMILES string of the molecule is CC(C)C1C(=O)N2c3ccccc3C3(O)CC(n4cnc5ccccc5c4=O)C(=O)N1C23. The molecule has 1 aromatic heterocycles. The van der Waals surface area contributed by atoms with Crippen LogP contribution in [0.1, 0.15) is 31.9 Å². The highest BCUT2D eigenvalue weighted by molar-refractivity contribution is 6.07. The standard InChI is InChI=1S/C24H22N4O4/c1-13(2)19-22(31)27-17-10-6-4-8-15(17)24(32)11-18(21(30)28(19)23(24)27)26-12-25-16-9-5-3-7-14(16)20(26)29/h3-10,12-13,18-19,23,32H,11H2,1-2H3. The average Bonchev–Trinajstić information content (AvgIpc) is 3.24. The maximum Gasteiger partial charge on any atom is 0.261 e. The number of carbonyl (C=O) groups is 2. The number of fused-ring (bicyclic) bond motifs is 4. The van der Waals surface area contributed by atoms with Gasteiger partial charge in [-0.2, -0.15) is 0 Å². The van der Waals surface area contributed by atoms with Gasteiger partial charge in [0.1, 0.15) is 23.9 Å². The highest BCUT2D eigenvalue weighted by Gasteiger charge is 2.67. The minimum absolute atomic E-state index is 0.0153. The van der Waals surface area contributed by atoms with Crippen molar-refractivity contribution in [3.05, 3.63) is 70.8 Å². The Bertz CT molecular complexity index is 1370. The second-order valence-electron chi connectivity index (χ2n) is 9.15. The van der Waals surface area contributed by atoms with E-state index < -0.39 is 23.9 Å². The van der Waals surface area contributed by atoms with Crippen LogP contribution in [0.2, 0.25) is 0 Å². The number of rotatable bonds is 2. The summed E-state index contributed by atoms with van der Waals surface area (Å²) in [5, 5.41) is 12.4. The molecule has 2 aromatic carbocycles. The van der Waals surface area contributed by atoms with E-state index >= 15 is 0 Å². The molecule has 8 heteroatoms. The fourth-order valence-corrected chi connectivity index (χ4v) is 5.70. The number of benzene rings is 2. The normalized spacial score (nSPS) is 28.6. The van der Waals surface area contributed by atoms with Crippen LogP contribution in [0.4, 0.5) is 5.69 Å². The van der Waals surface area contributed by atoms with Crippen molar-refractivity contribution in [3.63, 3.8) is 0 Å². The average molecular weight is 430 g/mol. The molecule has 2 amide bonds. The van der Waals surface area contributed by atoms with Gasteiger partial charge in [0.2, 0.25) is 5.91 Å². The zero-order valence-corrected chi connectivity index (χ0v) is 17.7. The first-order valence-electron chi connectivity index (χ1n) is 10.8. The van der Waals surface area contributed by atoms with Crippen LogP contribution in [0.25, 0.3) is 10.9 Å². The van der Waals surface area contributed by atoms with E-state index in [4.69, 9.17) is 0 Å². The largest absolute Gasteiger partial charge is 0.381 e. The Hall–Kier alpha value is -3.52. The summed E-state index contributed by atoms with van der Waals surface area (Å²) in [5.41, 5.74) is -0.0619. The molecule has 0 radical (unpaired) electrons. The van der Waals surface area contributed by atoms with Crippen LogP contribution >= 0.6 is 0 Å². The van der Waals surface area contributed by atoms with Gasteiger partial charge in [0.15, 0.2) is 0 Å². The fraction of sp³-hybridized carbons (Fsp3) is 0.333. The number of para-hydroxylation sites is 2. The van der Waals surface area contributed by atoms with E-state index in [-0.39, 0.29) is 29.7 Å². The van der Waals surface area contributed by atoms with Crippen LogP contribution in [-0.2, 0) is 15.2 Å². The van der Waals surface area contributed by atoms with Gasteiger partial charge in [-0.1, -0.05) is 44.2 Å². The number of hydrogen-bond acceptors (Lipinski definition) is 5. The molecule has 3 aliphatic heterocycles. The van der Waals surface area contributed by atoms with Gasteiger partial charge < -0.3 is 10.0 Å². The zero-order chi connectivity index (χ0) is 22.4.